The first kappa shape index (κ1) is 23.2. The third-order valence-electron chi connectivity index (χ3n) is 5.78. The molecule has 0 bridgehead atoms. The smallest absolute Gasteiger partial charge is 0.407 e. The Hall–Kier alpha value is -2.50. The zero-order valence-corrected chi connectivity index (χ0v) is 19.1. The number of nitrogens with one attached hydrogen (secondary N) is 1. The Balaban J connectivity index is 1.71. The number of rotatable bonds is 7. The Bertz CT molecular complexity index is 793. The number of ether oxygens (including phenoxy) is 3. The van der Waals surface area contributed by atoms with Gasteiger partial charge in [-0.25, -0.2) is 4.79 Å². The largest absolute Gasteiger partial charge is 0.497 e. The van der Waals surface area contributed by atoms with Crippen LogP contribution in [0.3, 0.4) is 0 Å². The Morgan fingerprint density at radius 3 is 2.58 bits per heavy atom. The van der Waals surface area contributed by atoms with Crippen LogP contribution in [0.15, 0.2) is 35.9 Å². The topological polar surface area (TPSA) is 73.9 Å². The maximum Gasteiger partial charge on any atom is 0.407 e. The molecule has 0 saturated carbocycles. The van der Waals surface area contributed by atoms with Gasteiger partial charge >= 0.3 is 12.1 Å². The molecular weight excluding hydrogens is 394 g/mol. The van der Waals surface area contributed by atoms with E-state index in [1.807, 2.05) is 45.0 Å². The standard InChI is InChI=1S/C25H35NO5/c1-25(2,3)31-24(28)26-22(15-18-10-12-19(29-4)13-11-18)21-16-20(30-23(21)27)14-17-8-6-5-7-9-17/h8,10-13,20-22H,5-7,9,14-16H2,1-4H3,(H,26,28)/t20-,21-,22+/m1/s1. The number of carbonyl (C=O) groups is 2. The minimum atomic E-state index is -0.610. The van der Waals surface area contributed by atoms with Crippen LogP contribution in [0.1, 0.15) is 64.9 Å². The van der Waals surface area contributed by atoms with E-state index in [1.54, 1.807) is 7.11 Å². The van der Waals surface area contributed by atoms with Gasteiger partial charge in [-0.05, 0) is 77.0 Å². The Kier molecular flexibility index (Phi) is 7.63. The lowest BCUT2D eigenvalue weighted by atomic mass is 9.88. The van der Waals surface area contributed by atoms with Gasteiger partial charge in [0.1, 0.15) is 17.5 Å². The van der Waals surface area contributed by atoms with Crippen LogP contribution < -0.4 is 10.1 Å². The second-order valence-corrected chi connectivity index (χ2v) is 9.52. The molecule has 6 heteroatoms. The lowest BCUT2D eigenvalue weighted by Crippen LogP contribution is -2.45. The normalized spacial score (nSPS) is 22.3. The molecule has 1 N–H and O–H groups in total. The molecule has 1 aromatic rings. The number of benzene rings is 1. The highest BCUT2D eigenvalue weighted by Gasteiger charge is 2.41. The fraction of sp³-hybridized carbons (Fsp3) is 0.600. The third kappa shape index (κ3) is 7.01. The summed E-state index contributed by atoms with van der Waals surface area (Å²) < 4.78 is 16.4. The molecule has 31 heavy (non-hydrogen) atoms. The molecule has 3 rings (SSSR count). The summed E-state index contributed by atoms with van der Waals surface area (Å²) in [6.45, 7) is 5.47. The van der Waals surface area contributed by atoms with E-state index in [2.05, 4.69) is 11.4 Å². The van der Waals surface area contributed by atoms with Gasteiger partial charge in [-0.1, -0.05) is 23.8 Å². The number of hydrogen-bond acceptors (Lipinski definition) is 5. The van der Waals surface area contributed by atoms with Gasteiger partial charge in [0, 0.05) is 12.5 Å². The second-order valence-electron chi connectivity index (χ2n) is 9.52. The van der Waals surface area contributed by atoms with Crippen molar-refractivity contribution in [3.8, 4) is 5.75 Å². The van der Waals surface area contributed by atoms with Crippen LogP contribution in [-0.4, -0.2) is 36.9 Å². The zero-order chi connectivity index (χ0) is 22.4. The zero-order valence-electron chi connectivity index (χ0n) is 19.1. The summed E-state index contributed by atoms with van der Waals surface area (Å²) in [5.41, 5.74) is 1.78. The van der Waals surface area contributed by atoms with Crippen molar-refractivity contribution in [1.29, 1.82) is 0 Å². The number of methoxy groups -OCH3 is 1. The van der Waals surface area contributed by atoms with Crippen LogP contribution in [0.2, 0.25) is 0 Å². The fourth-order valence-electron chi connectivity index (χ4n) is 4.28. The lowest BCUT2D eigenvalue weighted by molar-refractivity contribution is -0.144. The highest BCUT2D eigenvalue weighted by Crippen LogP contribution is 2.32. The van der Waals surface area contributed by atoms with Gasteiger partial charge < -0.3 is 19.5 Å². The predicted octanol–water partition coefficient (Wildman–Crippen LogP) is 4.95. The first-order valence-electron chi connectivity index (χ1n) is 11.2. The van der Waals surface area contributed by atoms with Crippen LogP contribution >= 0.6 is 0 Å². The van der Waals surface area contributed by atoms with Crippen molar-refractivity contribution >= 4 is 12.1 Å². The van der Waals surface area contributed by atoms with E-state index in [1.165, 1.54) is 18.4 Å². The van der Waals surface area contributed by atoms with Crippen molar-refractivity contribution in [3.63, 3.8) is 0 Å². The van der Waals surface area contributed by atoms with E-state index in [0.29, 0.717) is 12.8 Å². The molecule has 1 aliphatic heterocycles. The van der Waals surface area contributed by atoms with Crippen LogP contribution in [0, 0.1) is 5.92 Å². The molecule has 1 aliphatic carbocycles. The lowest BCUT2D eigenvalue weighted by Gasteiger charge is -2.26. The minimum absolute atomic E-state index is 0.124. The average molecular weight is 430 g/mol. The second kappa shape index (κ2) is 10.2. The molecule has 0 aromatic heterocycles. The third-order valence-corrected chi connectivity index (χ3v) is 5.78. The predicted molar refractivity (Wildman–Crippen MR) is 119 cm³/mol. The molecule has 1 aromatic carbocycles. The van der Waals surface area contributed by atoms with Gasteiger partial charge in [0.15, 0.2) is 0 Å². The number of amides is 1. The van der Waals surface area contributed by atoms with E-state index < -0.39 is 23.7 Å². The molecule has 0 unspecified atom stereocenters. The highest BCUT2D eigenvalue weighted by molar-refractivity contribution is 5.77. The van der Waals surface area contributed by atoms with Crippen molar-refractivity contribution < 1.29 is 23.8 Å². The molecule has 6 nitrogen and oxygen atoms in total. The van der Waals surface area contributed by atoms with Gasteiger partial charge in [0.05, 0.1) is 13.0 Å². The molecule has 170 valence electrons. The molecule has 1 heterocycles. The van der Waals surface area contributed by atoms with Crippen molar-refractivity contribution in [2.45, 2.75) is 83.5 Å². The van der Waals surface area contributed by atoms with Gasteiger partial charge in [0.2, 0.25) is 0 Å². The summed E-state index contributed by atoms with van der Waals surface area (Å²) in [4.78, 5) is 25.3. The SMILES string of the molecule is COc1ccc(C[C@H](NC(=O)OC(C)(C)C)[C@H]2C[C@@H](CC3=CCCCC3)OC2=O)cc1. The summed E-state index contributed by atoms with van der Waals surface area (Å²) in [5.74, 6) is 0.126. The van der Waals surface area contributed by atoms with E-state index in [-0.39, 0.29) is 12.1 Å². The van der Waals surface area contributed by atoms with Crippen LogP contribution in [-0.2, 0) is 20.7 Å². The van der Waals surface area contributed by atoms with Crippen molar-refractivity contribution in [1.82, 2.24) is 5.32 Å². The average Bonchev–Trinajstić information content (AvgIpc) is 3.07. The fourth-order valence-corrected chi connectivity index (χ4v) is 4.28. The van der Waals surface area contributed by atoms with E-state index in [0.717, 1.165) is 30.6 Å². The van der Waals surface area contributed by atoms with E-state index in [9.17, 15) is 9.59 Å². The van der Waals surface area contributed by atoms with Crippen LogP contribution in [0.25, 0.3) is 0 Å². The molecular formula is C25H35NO5. The van der Waals surface area contributed by atoms with Crippen molar-refractivity contribution in [2.24, 2.45) is 5.92 Å². The summed E-state index contributed by atoms with van der Waals surface area (Å²) in [6, 6.07) is 7.26. The molecule has 0 radical (unpaired) electrons. The number of carbonyl (C=O) groups excluding carboxylic acids is 2. The summed E-state index contributed by atoms with van der Waals surface area (Å²) in [7, 11) is 1.62. The Labute approximate surface area is 185 Å². The Morgan fingerprint density at radius 2 is 1.97 bits per heavy atom. The monoisotopic (exact) mass is 429 g/mol. The van der Waals surface area contributed by atoms with Gasteiger partial charge in [-0.2, -0.15) is 0 Å². The number of alkyl carbamates (subject to hydrolysis) is 1. The first-order valence-corrected chi connectivity index (χ1v) is 11.2. The summed E-state index contributed by atoms with van der Waals surface area (Å²) in [5, 5.41) is 2.94. The first-order chi connectivity index (χ1) is 14.7. The summed E-state index contributed by atoms with van der Waals surface area (Å²) in [6.07, 6.45) is 8.20. The van der Waals surface area contributed by atoms with Gasteiger partial charge in [0.25, 0.3) is 0 Å². The van der Waals surface area contributed by atoms with Crippen LogP contribution in [0.5, 0.6) is 5.75 Å². The molecule has 2 aliphatic rings. The van der Waals surface area contributed by atoms with Crippen molar-refractivity contribution in [3.05, 3.63) is 41.5 Å². The minimum Gasteiger partial charge on any atom is -0.497 e. The molecule has 3 atom stereocenters. The van der Waals surface area contributed by atoms with Crippen molar-refractivity contribution in [2.75, 3.05) is 7.11 Å². The quantitative estimate of drug-likeness (QED) is 0.490. The maximum atomic E-state index is 12.8. The van der Waals surface area contributed by atoms with E-state index >= 15 is 0 Å². The van der Waals surface area contributed by atoms with Gasteiger partial charge in [-0.15, -0.1) is 0 Å². The molecule has 0 spiro atoms. The Morgan fingerprint density at radius 1 is 1.23 bits per heavy atom. The molecule has 1 saturated heterocycles. The highest BCUT2D eigenvalue weighted by atomic mass is 16.6. The molecule has 1 fully saturated rings. The summed E-state index contributed by atoms with van der Waals surface area (Å²) >= 11 is 0. The number of hydrogen-bond donors (Lipinski definition) is 1. The number of esters is 1. The van der Waals surface area contributed by atoms with Gasteiger partial charge in [-0.3, -0.25) is 4.79 Å². The molecule has 1 amide bonds. The van der Waals surface area contributed by atoms with Crippen LogP contribution in [0.4, 0.5) is 4.79 Å². The maximum absolute atomic E-state index is 12.8. The number of cyclic esters (lactones) is 1. The van der Waals surface area contributed by atoms with E-state index in [4.69, 9.17) is 14.2 Å². The number of allylic oxidation sites excluding steroid dienone is 1.